The zero-order valence-corrected chi connectivity index (χ0v) is 17.1. The molecule has 27 heavy (non-hydrogen) atoms. The number of hydrazone groups is 1. The largest absolute Gasteiger partial charge is 0.481 e. The van der Waals surface area contributed by atoms with Crippen molar-refractivity contribution in [2.45, 2.75) is 25.3 Å². The first-order chi connectivity index (χ1) is 12.8. The Balaban J connectivity index is 1.94. The van der Waals surface area contributed by atoms with Crippen molar-refractivity contribution in [3.63, 3.8) is 0 Å². The van der Waals surface area contributed by atoms with Crippen LogP contribution in [0.5, 0.6) is 0 Å². The Bertz CT molecular complexity index is 916. The Morgan fingerprint density at radius 3 is 2.48 bits per heavy atom. The lowest BCUT2D eigenvalue weighted by Gasteiger charge is -2.22. The second-order valence-electron chi connectivity index (χ2n) is 6.07. The molecule has 1 N–H and O–H groups in total. The Hall–Kier alpha value is -1.89. The third-order valence-corrected chi connectivity index (χ3v) is 5.31. The van der Waals surface area contributed by atoms with Gasteiger partial charge in [0.2, 0.25) is 5.91 Å². The van der Waals surface area contributed by atoms with Crippen LogP contribution in [0.15, 0.2) is 52.0 Å². The minimum Gasteiger partial charge on any atom is -0.481 e. The molecule has 1 aliphatic heterocycles. The smallest absolute Gasteiger partial charge is 0.303 e. The summed E-state index contributed by atoms with van der Waals surface area (Å²) in [6, 6.07) is 12.3. The predicted molar refractivity (Wildman–Crippen MR) is 108 cm³/mol. The number of nitrogens with zero attached hydrogens (tertiary/aromatic N) is 2. The quantitative estimate of drug-likeness (QED) is 0.645. The van der Waals surface area contributed by atoms with Gasteiger partial charge in [-0.3, -0.25) is 9.59 Å². The molecule has 0 bridgehead atoms. The van der Waals surface area contributed by atoms with Crippen molar-refractivity contribution in [3.05, 3.63) is 68.1 Å². The summed E-state index contributed by atoms with van der Waals surface area (Å²) >= 11 is 15.7. The van der Waals surface area contributed by atoms with E-state index in [4.69, 9.17) is 28.3 Å². The van der Waals surface area contributed by atoms with Gasteiger partial charge in [-0.2, -0.15) is 5.10 Å². The van der Waals surface area contributed by atoms with Crippen molar-refractivity contribution in [1.82, 2.24) is 5.01 Å². The summed E-state index contributed by atoms with van der Waals surface area (Å²) in [6.45, 7) is 0. The maximum absolute atomic E-state index is 12.6. The van der Waals surface area contributed by atoms with Gasteiger partial charge in [0.15, 0.2) is 0 Å². The average molecular weight is 470 g/mol. The van der Waals surface area contributed by atoms with E-state index in [1.807, 2.05) is 24.3 Å². The molecular weight excluding hydrogens is 455 g/mol. The SMILES string of the molecule is O=C(O)CCC(=O)N1N=C(c2ccc(Br)cc2)CC1c1ccc(Cl)cc1Cl. The van der Waals surface area contributed by atoms with Crippen LogP contribution < -0.4 is 0 Å². The molecule has 1 unspecified atom stereocenters. The molecule has 1 heterocycles. The number of benzene rings is 2. The number of carbonyl (C=O) groups excluding carboxylic acids is 1. The summed E-state index contributed by atoms with van der Waals surface area (Å²) in [6.07, 6.45) is 0.0928. The number of carbonyl (C=O) groups is 2. The van der Waals surface area contributed by atoms with E-state index in [1.165, 1.54) is 5.01 Å². The van der Waals surface area contributed by atoms with Gasteiger partial charge in [-0.05, 0) is 35.4 Å². The Morgan fingerprint density at radius 1 is 1.15 bits per heavy atom. The summed E-state index contributed by atoms with van der Waals surface area (Å²) < 4.78 is 0.941. The number of rotatable bonds is 5. The fraction of sp³-hybridized carbons (Fsp3) is 0.211. The third kappa shape index (κ3) is 4.69. The highest BCUT2D eigenvalue weighted by Crippen LogP contribution is 2.37. The summed E-state index contributed by atoms with van der Waals surface area (Å²) in [5.74, 6) is -1.39. The van der Waals surface area contributed by atoms with Gasteiger partial charge in [0.1, 0.15) is 0 Å². The normalized spacial score (nSPS) is 16.3. The molecule has 5 nitrogen and oxygen atoms in total. The highest BCUT2D eigenvalue weighted by atomic mass is 79.9. The lowest BCUT2D eigenvalue weighted by molar-refractivity contribution is -0.141. The van der Waals surface area contributed by atoms with Gasteiger partial charge in [0, 0.05) is 27.4 Å². The van der Waals surface area contributed by atoms with Crippen LogP contribution in [0.3, 0.4) is 0 Å². The predicted octanol–water partition coefficient (Wildman–Crippen LogP) is 5.30. The van der Waals surface area contributed by atoms with E-state index in [9.17, 15) is 9.59 Å². The molecule has 2 aromatic rings. The van der Waals surface area contributed by atoms with Crippen molar-refractivity contribution in [1.29, 1.82) is 0 Å². The molecule has 3 rings (SSSR count). The third-order valence-electron chi connectivity index (χ3n) is 4.22. The lowest BCUT2D eigenvalue weighted by atomic mass is 9.98. The Labute approximate surface area is 174 Å². The van der Waals surface area contributed by atoms with Crippen LogP contribution in [0, 0.1) is 0 Å². The Kier molecular flexibility index (Phi) is 6.19. The molecule has 0 saturated heterocycles. The number of aliphatic carboxylic acids is 1. The van der Waals surface area contributed by atoms with Gasteiger partial charge in [-0.15, -0.1) is 0 Å². The monoisotopic (exact) mass is 468 g/mol. The Morgan fingerprint density at radius 2 is 1.85 bits per heavy atom. The van der Waals surface area contributed by atoms with Gasteiger partial charge < -0.3 is 5.11 Å². The molecule has 0 aromatic heterocycles. The van der Waals surface area contributed by atoms with Gasteiger partial charge in [0.25, 0.3) is 0 Å². The van der Waals surface area contributed by atoms with Crippen molar-refractivity contribution >= 4 is 56.7 Å². The maximum Gasteiger partial charge on any atom is 0.303 e. The van der Waals surface area contributed by atoms with Crippen LogP contribution >= 0.6 is 39.1 Å². The molecule has 140 valence electrons. The molecule has 1 atom stereocenters. The van der Waals surface area contributed by atoms with E-state index in [-0.39, 0.29) is 18.7 Å². The first-order valence-electron chi connectivity index (χ1n) is 8.17. The summed E-state index contributed by atoms with van der Waals surface area (Å²) in [4.78, 5) is 23.5. The minimum absolute atomic E-state index is 0.131. The fourth-order valence-corrected chi connectivity index (χ4v) is 3.70. The van der Waals surface area contributed by atoms with E-state index >= 15 is 0 Å². The van der Waals surface area contributed by atoms with Crippen molar-refractivity contribution in [2.24, 2.45) is 5.10 Å². The van der Waals surface area contributed by atoms with Crippen molar-refractivity contribution < 1.29 is 14.7 Å². The number of hydrogen-bond donors (Lipinski definition) is 1. The zero-order chi connectivity index (χ0) is 19.6. The maximum atomic E-state index is 12.6. The molecule has 1 aliphatic rings. The van der Waals surface area contributed by atoms with Gasteiger partial charge in [0.05, 0.1) is 18.2 Å². The topological polar surface area (TPSA) is 70.0 Å². The van der Waals surface area contributed by atoms with Crippen molar-refractivity contribution in [2.75, 3.05) is 0 Å². The standard InChI is InChI=1S/C19H15BrCl2N2O3/c20-12-3-1-11(2-4-12)16-10-17(14-6-5-13(21)9-15(14)22)24(23-16)18(25)7-8-19(26)27/h1-6,9,17H,7-8,10H2,(H,26,27). The molecule has 0 fully saturated rings. The second-order valence-corrected chi connectivity index (χ2v) is 7.83. The number of amides is 1. The van der Waals surface area contributed by atoms with E-state index in [2.05, 4.69) is 21.0 Å². The summed E-state index contributed by atoms with van der Waals surface area (Å²) in [5.41, 5.74) is 2.35. The number of carboxylic acids is 1. The highest BCUT2D eigenvalue weighted by Gasteiger charge is 2.34. The second kappa shape index (κ2) is 8.42. The van der Waals surface area contributed by atoms with E-state index in [1.54, 1.807) is 18.2 Å². The molecule has 0 spiro atoms. The number of carboxylic acid groups (broad SMARTS) is 1. The molecular formula is C19H15BrCl2N2O3. The fourth-order valence-electron chi connectivity index (χ4n) is 2.90. The molecule has 0 aliphatic carbocycles. The van der Waals surface area contributed by atoms with Crippen LogP contribution in [0.25, 0.3) is 0 Å². The van der Waals surface area contributed by atoms with Crippen LogP contribution in [-0.2, 0) is 9.59 Å². The minimum atomic E-state index is -1.03. The number of halogens is 3. The first kappa shape index (κ1) is 19.9. The molecule has 1 amide bonds. The average Bonchev–Trinajstić information content (AvgIpc) is 3.05. The van der Waals surface area contributed by atoms with E-state index in [0.717, 1.165) is 21.3 Å². The molecule has 0 radical (unpaired) electrons. The van der Waals surface area contributed by atoms with Crippen LogP contribution in [0.1, 0.15) is 36.4 Å². The molecule has 8 heteroatoms. The van der Waals surface area contributed by atoms with Crippen molar-refractivity contribution in [3.8, 4) is 0 Å². The summed E-state index contributed by atoms with van der Waals surface area (Å²) in [7, 11) is 0. The van der Waals surface area contributed by atoms with Crippen LogP contribution in [0.4, 0.5) is 0 Å². The van der Waals surface area contributed by atoms with E-state index in [0.29, 0.717) is 16.5 Å². The van der Waals surface area contributed by atoms with E-state index < -0.39 is 12.0 Å². The molecule has 0 saturated carbocycles. The molecule has 2 aromatic carbocycles. The van der Waals surface area contributed by atoms with Crippen LogP contribution in [-0.4, -0.2) is 27.7 Å². The van der Waals surface area contributed by atoms with Gasteiger partial charge in [-0.25, -0.2) is 5.01 Å². The zero-order valence-electron chi connectivity index (χ0n) is 14.0. The summed E-state index contributed by atoms with van der Waals surface area (Å²) in [5, 5.41) is 15.6. The highest BCUT2D eigenvalue weighted by molar-refractivity contribution is 9.10. The number of hydrogen-bond acceptors (Lipinski definition) is 3. The van der Waals surface area contributed by atoms with Gasteiger partial charge in [-0.1, -0.05) is 57.3 Å². The lowest BCUT2D eigenvalue weighted by Crippen LogP contribution is -2.27. The van der Waals surface area contributed by atoms with Crippen LogP contribution in [0.2, 0.25) is 10.0 Å². The van der Waals surface area contributed by atoms with Gasteiger partial charge >= 0.3 is 5.97 Å². The first-order valence-corrected chi connectivity index (χ1v) is 9.72.